The highest BCUT2D eigenvalue weighted by Gasteiger charge is 2.12. The average Bonchev–Trinajstić information content (AvgIpc) is 3.15. The number of rotatable bonds is 3. The number of non-ortho nitro benzene ring substituents is 1. The summed E-state index contributed by atoms with van der Waals surface area (Å²) in [6, 6.07) is 13.1. The number of benzene rings is 2. The number of hydrogen-bond donors (Lipinski definition) is 0. The third-order valence-electron chi connectivity index (χ3n) is 3.64. The Morgan fingerprint density at radius 2 is 2.00 bits per heavy atom. The van der Waals surface area contributed by atoms with Crippen LogP contribution >= 0.6 is 22.9 Å². The second kappa shape index (κ2) is 6.32. The predicted octanol–water partition coefficient (Wildman–Crippen LogP) is 2.93. The molecule has 0 bridgehead atoms. The zero-order chi connectivity index (χ0) is 18.3. The van der Waals surface area contributed by atoms with Crippen molar-refractivity contribution >= 4 is 39.7 Å². The number of nitro benzene ring substituents is 1. The van der Waals surface area contributed by atoms with Crippen molar-refractivity contribution in [3.63, 3.8) is 0 Å². The number of hydrogen-bond acceptors (Lipinski definition) is 6. The van der Waals surface area contributed by atoms with E-state index in [1.165, 1.54) is 28.0 Å². The quantitative estimate of drug-likeness (QED) is 0.400. The van der Waals surface area contributed by atoms with Gasteiger partial charge in [0, 0.05) is 22.7 Å². The van der Waals surface area contributed by atoms with Crippen LogP contribution in [-0.2, 0) is 0 Å². The molecule has 4 rings (SSSR count). The molecule has 0 saturated heterocycles. The molecule has 9 heteroatoms. The first-order valence-electron chi connectivity index (χ1n) is 7.43. The summed E-state index contributed by atoms with van der Waals surface area (Å²) in [5.41, 5.74) is 0.930. The Morgan fingerprint density at radius 3 is 2.73 bits per heavy atom. The molecular weight excluding hydrogens is 376 g/mol. The van der Waals surface area contributed by atoms with Gasteiger partial charge >= 0.3 is 0 Å². The minimum absolute atomic E-state index is 0.0334. The summed E-state index contributed by atoms with van der Waals surface area (Å²) in [4.78, 5) is 27.8. The monoisotopic (exact) mass is 384 g/mol. The van der Waals surface area contributed by atoms with Crippen LogP contribution in [0.1, 0.15) is 5.56 Å². The number of fused-ring (bicyclic) bond motifs is 1. The molecule has 2 aromatic heterocycles. The van der Waals surface area contributed by atoms with Crippen LogP contribution < -0.4 is 10.1 Å². The fourth-order valence-electron chi connectivity index (χ4n) is 2.46. The lowest BCUT2D eigenvalue weighted by Gasteiger charge is -1.94. The minimum atomic E-state index is -0.477. The van der Waals surface area contributed by atoms with Gasteiger partial charge in [0.2, 0.25) is 4.96 Å². The SMILES string of the molecule is O=c1/c(=C\c2cccc([N+](=O)[O-])c2)sc2nc(-c3cccc(Cl)c3)nn12. The molecule has 0 amide bonds. The fraction of sp³-hybridized carbons (Fsp3) is 0. The highest BCUT2D eigenvalue weighted by molar-refractivity contribution is 7.15. The lowest BCUT2D eigenvalue weighted by molar-refractivity contribution is -0.384. The summed E-state index contributed by atoms with van der Waals surface area (Å²) in [7, 11) is 0. The Balaban J connectivity index is 1.80. The number of nitro groups is 1. The molecule has 128 valence electrons. The average molecular weight is 385 g/mol. The van der Waals surface area contributed by atoms with E-state index < -0.39 is 4.92 Å². The summed E-state index contributed by atoms with van der Waals surface area (Å²) in [5.74, 6) is 0.415. The maximum absolute atomic E-state index is 12.5. The van der Waals surface area contributed by atoms with Crippen molar-refractivity contribution in [2.45, 2.75) is 0 Å². The summed E-state index contributed by atoms with van der Waals surface area (Å²) < 4.78 is 1.63. The van der Waals surface area contributed by atoms with Gasteiger partial charge in [0.1, 0.15) is 0 Å². The topological polar surface area (TPSA) is 90.4 Å². The summed E-state index contributed by atoms with van der Waals surface area (Å²) >= 11 is 7.15. The second-order valence-electron chi connectivity index (χ2n) is 5.41. The molecule has 4 aromatic rings. The standard InChI is InChI=1S/C17H9ClN4O3S/c18-12-5-2-4-11(9-12)15-19-17-21(20-15)16(23)14(26-17)8-10-3-1-6-13(7-10)22(24)25/h1-9H/b14-8+. The van der Waals surface area contributed by atoms with Crippen LogP contribution in [0.4, 0.5) is 5.69 Å². The molecule has 2 aromatic carbocycles. The van der Waals surface area contributed by atoms with E-state index in [9.17, 15) is 14.9 Å². The minimum Gasteiger partial charge on any atom is -0.266 e. The van der Waals surface area contributed by atoms with Gasteiger partial charge in [0.05, 0.1) is 9.46 Å². The van der Waals surface area contributed by atoms with Crippen molar-refractivity contribution < 1.29 is 4.92 Å². The van der Waals surface area contributed by atoms with E-state index in [1.807, 2.05) is 6.07 Å². The van der Waals surface area contributed by atoms with E-state index in [2.05, 4.69) is 10.1 Å². The van der Waals surface area contributed by atoms with Crippen LogP contribution in [0.2, 0.25) is 5.02 Å². The van der Waals surface area contributed by atoms with Gasteiger partial charge in [-0.05, 0) is 23.8 Å². The Kier molecular flexibility index (Phi) is 3.98. The van der Waals surface area contributed by atoms with E-state index in [4.69, 9.17) is 11.6 Å². The van der Waals surface area contributed by atoms with Crippen LogP contribution in [0.25, 0.3) is 22.4 Å². The molecule has 0 radical (unpaired) electrons. The first kappa shape index (κ1) is 16.4. The smallest absolute Gasteiger partial charge is 0.266 e. The molecule has 0 saturated carbocycles. The van der Waals surface area contributed by atoms with Crippen LogP contribution in [0.3, 0.4) is 0 Å². The third kappa shape index (κ3) is 2.96. The number of halogens is 1. The predicted molar refractivity (Wildman–Crippen MR) is 99.5 cm³/mol. The maximum Gasteiger partial charge on any atom is 0.291 e. The van der Waals surface area contributed by atoms with Gasteiger partial charge in [-0.25, -0.2) is 0 Å². The van der Waals surface area contributed by atoms with Crippen molar-refractivity contribution in [3.05, 3.63) is 84.1 Å². The van der Waals surface area contributed by atoms with E-state index in [0.29, 0.717) is 25.9 Å². The summed E-state index contributed by atoms with van der Waals surface area (Å²) in [5, 5.41) is 15.7. The molecular formula is C17H9ClN4O3S. The molecule has 0 fully saturated rings. The van der Waals surface area contributed by atoms with Crippen LogP contribution in [0.15, 0.2) is 53.3 Å². The normalized spacial score (nSPS) is 12.0. The van der Waals surface area contributed by atoms with Crippen molar-refractivity contribution in [1.29, 1.82) is 0 Å². The molecule has 0 atom stereocenters. The van der Waals surface area contributed by atoms with E-state index in [1.54, 1.807) is 36.4 Å². The van der Waals surface area contributed by atoms with Crippen molar-refractivity contribution in [2.24, 2.45) is 0 Å². The zero-order valence-corrected chi connectivity index (χ0v) is 14.6. The van der Waals surface area contributed by atoms with Crippen LogP contribution in [-0.4, -0.2) is 19.5 Å². The molecule has 0 N–H and O–H groups in total. The molecule has 0 unspecified atom stereocenters. The van der Waals surface area contributed by atoms with Gasteiger partial charge in [-0.1, -0.05) is 47.2 Å². The van der Waals surface area contributed by atoms with Gasteiger partial charge in [0.25, 0.3) is 11.2 Å². The zero-order valence-electron chi connectivity index (χ0n) is 13.0. The fourth-order valence-corrected chi connectivity index (χ4v) is 3.56. The van der Waals surface area contributed by atoms with Crippen molar-refractivity contribution in [2.75, 3.05) is 0 Å². The lowest BCUT2D eigenvalue weighted by Crippen LogP contribution is -2.23. The molecule has 0 spiro atoms. The Morgan fingerprint density at radius 1 is 1.19 bits per heavy atom. The highest BCUT2D eigenvalue weighted by atomic mass is 35.5. The molecule has 0 aliphatic heterocycles. The summed E-state index contributed by atoms with van der Waals surface area (Å²) in [6.07, 6.45) is 1.59. The molecule has 2 heterocycles. The first-order chi connectivity index (χ1) is 12.5. The van der Waals surface area contributed by atoms with Gasteiger partial charge in [0.15, 0.2) is 5.82 Å². The van der Waals surface area contributed by atoms with Crippen LogP contribution in [0, 0.1) is 10.1 Å². The van der Waals surface area contributed by atoms with Gasteiger partial charge in [-0.3, -0.25) is 14.9 Å². The molecule has 7 nitrogen and oxygen atoms in total. The van der Waals surface area contributed by atoms with E-state index in [0.717, 1.165) is 5.56 Å². The second-order valence-corrected chi connectivity index (χ2v) is 6.85. The highest BCUT2D eigenvalue weighted by Crippen LogP contribution is 2.20. The maximum atomic E-state index is 12.5. The Labute approximate surface area is 155 Å². The Bertz CT molecular complexity index is 1260. The lowest BCUT2D eigenvalue weighted by atomic mass is 10.2. The molecule has 26 heavy (non-hydrogen) atoms. The largest absolute Gasteiger partial charge is 0.291 e. The Hall–Kier alpha value is -3.10. The number of thiazole rings is 1. The van der Waals surface area contributed by atoms with E-state index in [-0.39, 0.29) is 11.2 Å². The number of aromatic nitrogens is 3. The van der Waals surface area contributed by atoms with Crippen molar-refractivity contribution in [1.82, 2.24) is 14.6 Å². The molecule has 0 aliphatic rings. The number of nitrogens with zero attached hydrogens (tertiary/aromatic N) is 4. The van der Waals surface area contributed by atoms with Crippen LogP contribution in [0.5, 0.6) is 0 Å². The summed E-state index contributed by atoms with van der Waals surface area (Å²) in [6.45, 7) is 0. The van der Waals surface area contributed by atoms with E-state index >= 15 is 0 Å². The van der Waals surface area contributed by atoms with Gasteiger partial charge < -0.3 is 0 Å². The van der Waals surface area contributed by atoms with Gasteiger partial charge in [-0.15, -0.1) is 5.10 Å². The third-order valence-corrected chi connectivity index (χ3v) is 4.84. The first-order valence-corrected chi connectivity index (χ1v) is 8.62. The van der Waals surface area contributed by atoms with Crippen molar-refractivity contribution in [3.8, 4) is 11.4 Å². The van der Waals surface area contributed by atoms with Gasteiger partial charge in [-0.2, -0.15) is 9.50 Å². The molecule has 0 aliphatic carbocycles.